The average Bonchev–Trinajstić information content (AvgIpc) is 3.57. The molecule has 0 aliphatic carbocycles. The van der Waals surface area contributed by atoms with Gasteiger partial charge in [-0.05, 0) is 36.4 Å². The summed E-state index contributed by atoms with van der Waals surface area (Å²) >= 11 is 1.55. The van der Waals surface area contributed by atoms with Crippen molar-refractivity contribution in [3.63, 3.8) is 0 Å². The first-order chi connectivity index (χ1) is 17.5. The normalized spacial score (nSPS) is 11.1. The van der Waals surface area contributed by atoms with Gasteiger partial charge in [-0.15, -0.1) is 11.3 Å². The number of aromatic amines is 1. The van der Waals surface area contributed by atoms with Crippen LogP contribution in [0.5, 0.6) is 0 Å². The number of nitrogens with one attached hydrogen (secondary N) is 2. The van der Waals surface area contributed by atoms with Crippen molar-refractivity contribution in [1.29, 1.82) is 0 Å². The summed E-state index contributed by atoms with van der Waals surface area (Å²) in [5.41, 5.74) is 3.72. The van der Waals surface area contributed by atoms with E-state index in [9.17, 15) is 9.59 Å². The topological polar surface area (TPSA) is 92.7 Å². The molecule has 5 aromatic rings. The third-order valence-corrected chi connectivity index (χ3v) is 7.02. The van der Waals surface area contributed by atoms with Gasteiger partial charge in [0.25, 0.3) is 5.56 Å². The molecule has 0 saturated heterocycles. The van der Waals surface area contributed by atoms with Gasteiger partial charge in [0.2, 0.25) is 11.9 Å². The molecular weight excluding hydrogens is 470 g/mol. The maximum absolute atomic E-state index is 13.4. The summed E-state index contributed by atoms with van der Waals surface area (Å²) in [6.45, 7) is 3.50. The molecule has 7 nitrogen and oxygen atoms in total. The van der Waals surface area contributed by atoms with Gasteiger partial charge in [-0.2, -0.15) is 9.78 Å². The number of nitrogens with zero attached hydrogens (tertiary/aromatic N) is 3. The van der Waals surface area contributed by atoms with Crippen molar-refractivity contribution in [2.75, 3.05) is 5.32 Å². The van der Waals surface area contributed by atoms with Gasteiger partial charge in [0.15, 0.2) is 0 Å². The van der Waals surface area contributed by atoms with Gasteiger partial charge >= 0.3 is 0 Å². The number of benzene rings is 2. The van der Waals surface area contributed by atoms with E-state index in [0.29, 0.717) is 22.8 Å². The minimum atomic E-state index is -0.240. The summed E-state index contributed by atoms with van der Waals surface area (Å²) in [7, 11) is 0. The molecule has 0 atom stereocenters. The predicted octanol–water partition coefficient (Wildman–Crippen LogP) is 5.46. The Morgan fingerprint density at radius 3 is 2.25 bits per heavy atom. The lowest BCUT2D eigenvalue weighted by Crippen LogP contribution is -2.21. The smallest absolute Gasteiger partial charge is 0.255 e. The second-order valence-electron chi connectivity index (χ2n) is 8.53. The Morgan fingerprint density at radius 1 is 1.00 bits per heavy atom. The minimum absolute atomic E-state index is 0.111. The fourth-order valence-corrected chi connectivity index (χ4v) is 4.77. The molecule has 0 bridgehead atoms. The Bertz CT molecular complexity index is 1500. The van der Waals surface area contributed by atoms with Crippen LogP contribution in [0.25, 0.3) is 16.5 Å². The molecule has 0 spiro atoms. The molecule has 1 amide bonds. The van der Waals surface area contributed by atoms with E-state index in [0.717, 1.165) is 16.0 Å². The first-order valence-electron chi connectivity index (χ1n) is 11.6. The molecule has 0 radical (unpaired) electrons. The Labute approximate surface area is 212 Å². The predicted molar refractivity (Wildman–Crippen MR) is 143 cm³/mol. The van der Waals surface area contributed by atoms with Crippen LogP contribution in [0, 0.1) is 13.8 Å². The lowest BCUT2D eigenvalue weighted by molar-refractivity contribution is -0.116. The molecule has 0 aliphatic heterocycles. The second kappa shape index (κ2) is 10.1. The number of thiophene rings is 1. The largest absolute Gasteiger partial charge is 0.310 e. The van der Waals surface area contributed by atoms with E-state index >= 15 is 0 Å². The van der Waals surface area contributed by atoms with Gasteiger partial charge in [-0.3, -0.25) is 14.6 Å². The van der Waals surface area contributed by atoms with Crippen molar-refractivity contribution in [3.05, 3.63) is 117 Å². The zero-order chi connectivity index (χ0) is 25.1. The maximum Gasteiger partial charge on any atom is 0.255 e. The Morgan fingerprint density at radius 2 is 1.67 bits per heavy atom. The minimum Gasteiger partial charge on any atom is -0.310 e. The lowest BCUT2D eigenvalue weighted by Gasteiger charge is -2.18. The van der Waals surface area contributed by atoms with Gasteiger partial charge in [0.1, 0.15) is 11.5 Å². The second-order valence-corrected chi connectivity index (χ2v) is 9.48. The summed E-state index contributed by atoms with van der Waals surface area (Å²) in [6, 6.07) is 25.7. The van der Waals surface area contributed by atoms with E-state index in [1.54, 1.807) is 31.3 Å². The molecule has 3 aromatic heterocycles. The van der Waals surface area contributed by atoms with Crippen molar-refractivity contribution in [2.24, 2.45) is 0 Å². The van der Waals surface area contributed by atoms with Crippen LogP contribution in [0.15, 0.2) is 89.0 Å². The number of anilines is 1. The fourth-order valence-electron chi connectivity index (χ4n) is 4.09. The summed E-state index contributed by atoms with van der Waals surface area (Å²) < 4.78 is 1.49. The number of aromatic nitrogens is 4. The van der Waals surface area contributed by atoms with E-state index in [-0.39, 0.29) is 29.8 Å². The summed E-state index contributed by atoms with van der Waals surface area (Å²) in [6.07, 6.45) is 0.240. The van der Waals surface area contributed by atoms with Gasteiger partial charge < -0.3 is 5.32 Å². The Kier molecular flexibility index (Phi) is 6.60. The van der Waals surface area contributed by atoms with Crippen LogP contribution in [0.1, 0.15) is 34.7 Å². The summed E-state index contributed by atoms with van der Waals surface area (Å²) in [5.74, 6) is 0.413. The number of hydrogen-bond donors (Lipinski definition) is 2. The number of hydrogen-bond acceptors (Lipinski definition) is 5. The molecule has 5 rings (SSSR count). The van der Waals surface area contributed by atoms with Gasteiger partial charge in [0.05, 0.1) is 4.88 Å². The number of rotatable bonds is 7. The van der Waals surface area contributed by atoms with E-state index < -0.39 is 0 Å². The first-order valence-corrected chi connectivity index (χ1v) is 12.5. The molecule has 0 saturated carbocycles. The highest BCUT2D eigenvalue weighted by Gasteiger charge is 2.21. The van der Waals surface area contributed by atoms with Crippen LogP contribution < -0.4 is 10.9 Å². The Balaban J connectivity index is 1.50. The molecular formula is C28H25N5O2S. The molecule has 180 valence electrons. The van der Waals surface area contributed by atoms with Crippen LogP contribution in [-0.4, -0.2) is 25.7 Å². The zero-order valence-electron chi connectivity index (χ0n) is 19.9. The number of H-pyrrole nitrogens is 1. The molecule has 0 aliphatic rings. The SMILES string of the molecule is Cc1nc(-n2nc(-c3cccs3)cc2NC(=O)CC(c2ccccc2)c2ccccc2)[nH]c(=O)c1C. The van der Waals surface area contributed by atoms with Crippen LogP contribution in [-0.2, 0) is 4.79 Å². The molecule has 3 heterocycles. The molecule has 0 unspecified atom stereocenters. The van der Waals surface area contributed by atoms with E-state index in [1.807, 2.05) is 78.2 Å². The van der Waals surface area contributed by atoms with Crippen molar-refractivity contribution in [2.45, 2.75) is 26.2 Å². The number of amides is 1. The molecule has 8 heteroatoms. The van der Waals surface area contributed by atoms with E-state index in [2.05, 4.69) is 20.4 Å². The van der Waals surface area contributed by atoms with Crippen molar-refractivity contribution in [3.8, 4) is 16.5 Å². The molecule has 36 heavy (non-hydrogen) atoms. The highest BCUT2D eigenvalue weighted by atomic mass is 32.1. The molecule has 2 aromatic carbocycles. The van der Waals surface area contributed by atoms with Crippen LogP contribution in [0.2, 0.25) is 0 Å². The highest BCUT2D eigenvalue weighted by molar-refractivity contribution is 7.13. The van der Waals surface area contributed by atoms with Crippen LogP contribution in [0.3, 0.4) is 0 Å². The number of aryl methyl sites for hydroxylation is 1. The summed E-state index contributed by atoms with van der Waals surface area (Å²) in [5, 5.41) is 9.65. The third kappa shape index (κ3) is 4.89. The first kappa shape index (κ1) is 23.4. The van der Waals surface area contributed by atoms with Crippen LogP contribution in [0.4, 0.5) is 5.82 Å². The third-order valence-electron chi connectivity index (χ3n) is 6.13. The fraction of sp³-hybridized carbons (Fsp3) is 0.143. The van der Waals surface area contributed by atoms with Gasteiger partial charge in [-0.1, -0.05) is 66.7 Å². The van der Waals surface area contributed by atoms with Gasteiger partial charge in [0, 0.05) is 29.7 Å². The zero-order valence-corrected chi connectivity index (χ0v) is 20.8. The molecule has 2 N–H and O–H groups in total. The van der Waals surface area contributed by atoms with E-state index in [4.69, 9.17) is 0 Å². The summed E-state index contributed by atoms with van der Waals surface area (Å²) in [4.78, 5) is 34.1. The number of carbonyl (C=O) groups excluding carboxylic acids is 1. The van der Waals surface area contributed by atoms with Gasteiger partial charge in [-0.25, -0.2) is 4.98 Å². The quantitative estimate of drug-likeness (QED) is 0.314. The Hall–Kier alpha value is -4.30. The van der Waals surface area contributed by atoms with Crippen molar-refractivity contribution in [1.82, 2.24) is 19.7 Å². The van der Waals surface area contributed by atoms with Crippen molar-refractivity contribution >= 4 is 23.1 Å². The maximum atomic E-state index is 13.4. The standard InChI is InChI=1S/C28H25N5O2S/c1-18-19(2)29-28(31-27(18)35)33-25(17-23(32-33)24-14-9-15-36-24)30-26(34)16-22(20-10-5-3-6-11-20)21-12-7-4-8-13-21/h3-15,17,22H,16H2,1-2H3,(H,30,34)(H,29,31,35). The molecule has 0 fully saturated rings. The lowest BCUT2D eigenvalue weighted by atomic mass is 9.88. The monoisotopic (exact) mass is 495 g/mol. The van der Waals surface area contributed by atoms with E-state index in [1.165, 1.54) is 4.68 Å². The highest BCUT2D eigenvalue weighted by Crippen LogP contribution is 2.30. The number of carbonyl (C=O) groups is 1. The average molecular weight is 496 g/mol. The van der Waals surface area contributed by atoms with Crippen LogP contribution >= 0.6 is 11.3 Å². The van der Waals surface area contributed by atoms with Crippen molar-refractivity contribution < 1.29 is 4.79 Å².